The van der Waals surface area contributed by atoms with Crippen LogP contribution >= 0.6 is 11.6 Å². The van der Waals surface area contributed by atoms with Crippen molar-refractivity contribution in [1.29, 1.82) is 0 Å². The molecular weight excluding hydrogens is 350 g/mol. The molecule has 1 aliphatic rings. The van der Waals surface area contributed by atoms with Gasteiger partial charge in [-0.05, 0) is 42.8 Å². The maximum absolute atomic E-state index is 12.4. The van der Waals surface area contributed by atoms with E-state index in [1.165, 1.54) is 0 Å². The summed E-state index contributed by atoms with van der Waals surface area (Å²) in [4.78, 5) is 21.0. The lowest BCUT2D eigenvalue weighted by Crippen LogP contribution is -2.50. The van der Waals surface area contributed by atoms with E-state index in [0.29, 0.717) is 10.8 Å². The van der Waals surface area contributed by atoms with Crippen LogP contribution in [0.25, 0.3) is 0 Å². The number of aromatic nitrogens is 1. The molecule has 2 heterocycles. The number of aryl methyl sites for hydroxylation is 1. The topological polar surface area (TPSA) is 45.7 Å². The molecule has 0 aliphatic carbocycles. The van der Waals surface area contributed by atoms with E-state index in [0.717, 1.165) is 50.4 Å². The Bertz CT molecular complexity index is 731. The van der Waals surface area contributed by atoms with Crippen molar-refractivity contribution in [3.8, 4) is 5.75 Å². The van der Waals surface area contributed by atoms with Crippen molar-refractivity contribution in [2.75, 3.05) is 39.3 Å². The second-order valence-corrected chi connectivity index (χ2v) is 6.90. The third-order valence-electron chi connectivity index (χ3n) is 4.63. The normalized spacial score (nSPS) is 15.1. The maximum Gasteiger partial charge on any atom is 0.260 e. The first-order chi connectivity index (χ1) is 12.6. The Morgan fingerprint density at radius 1 is 1.19 bits per heavy atom. The molecule has 1 aliphatic heterocycles. The number of carbonyl (C=O) groups is 1. The quantitative estimate of drug-likeness (QED) is 0.781. The minimum Gasteiger partial charge on any atom is -0.484 e. The van der Waals surface area contributed by atoms with Gasteiger partial charge in [-0.1, -0.05) is 17.7 Å². The van der Waals surface area contributed by atoms with E-state index in [1.807, 2.05) is 36.2 Å². The first-order valence-electron chi connectivity index (χ1n) is 8.91. The van der Waals surface area contributed by atoms with Crippen LogP contribution in [0, 0.1) is 6.92 Å². The van der Waals surface area contributed by atoms with Crippen LogP contribution in [-0.4, -0.2) is 60.0 Å². The van der Waals surface area contributed by atoms with Gasteiger partial charge in [0.25, 0.3) is 5.91 Å². The maximum atomic E-state index is 12.4. The predicted octanol–water partition coefficient (Wildman–Crippen LogP) is 2.81. The highest BCUT2D eigenvalue weighted by Crippen LogP contribution is 2.21. The number of rotatable bonds is 6. The average molecular weight is 374 g/mol. The number of benzene rings is 1. The van der Waals surface area contributed by atoms with E-state index in [9.17, 15) is 4.79 Å². The Labute approximate surface area is 159 Å². The third kappa shape index (κ3) is 5.19. The Morgan fingerprint density at radius 2 is 2.00 bits per heavy atom. The van der Waals surface area contributed by atoms with Crippen molar-refractivity contribution in [2.45, 2.75) is 13.3 Å². The summed E-state index contributed by atoms with van der Waals surface area (Å²) in [5.74, 6) is 0.705. The molecule has 26 heavy (non-hydrogen) atoms. The highest BCUT2D eigenvalue weighted by molar-refractivity contribution is 6.31. The van der Waals surface area contributed by atoms with Crippen molar-refractivity contribution in [2.24, 2.45) is 0 Å². The largest absolute Gasteiger partial charge is 0.484 e. The van der Waals surface area contributed by atoms with Gasteiger partial charge < -0.3 is 9.64 Å². The number of ether oxygens (including phenoxy) is 1. The summed E-state index contributed by atoms with van der Waals surface area (Å²) in [6.07, 6.45) is 2.77. The van der Waals surface area contributed by atoms with E-state index >= 15 is 0 Å². The van der Waals surface area contributed by atoms with Gasteiger partial charge >= 0.3 is 0 Å². The summed E-state index contributed by atoms with van der Waals surface area (Å²) in [5, 5.41) is 0.700. The molecule has 1 fully saturated rings. The summed E-state index contributed by atoms with van der Waals surface area (Å²) in [7, 11) is 0. The fourth-order valence-corrected chi connectivity index (χ4v) is 3.10. The summed E-state index contributed by atoms with van der Waals surface area (Å²) < 4.78 is 5.62. The average Bonchev–Trinajstić information content (AvgIpc) is 2.68. The third-order valence-corrected chi connectivity index (χ3v) is 5.05. The molecular formula is C20H24ClN3O2. The van der Waals surface area contributed by atoms with Crippen molar-refractivity contribution in [3.05, 3.63) is 58.9 Å². The number of hydrogen-bond acceptors (Lipinski definition) is 4. The molecule has 0 unspecified atom stereocenters. The van der Waals surface area contributed by atoms with E-state index in [4.69, 9.17) is 16.3 Å². The summed E-state index contributed by atoms with van der Waals surface area (Å²) >= 11 is 6.00. The van der Waals surface area contributed by atoms with Gasteiger partial charge in [0.15, 0.2) is 6.61 Å². The molecule has 0 atom stereocenters. The van der Waals surface area contributed by atoms with Crippen LogP contribution in [0.3, 0.4) is 0 Å². The smallest absolute Gasteiger partial charge is 0.260 e. The zero-order chi connectivity index (χ0) is 18.4. The van der Waals surface area contributed by atoms with Crippen LogP contribution in [0.15, 0.2) is 42.6 Å². The predicted molar refractivity (Wildman–Crippen MR) is 103 cm³/mol. The molecule has 1 aromatic heterocycles. The fraction of sp³-hybridized carbons (Fsp3) is 0.400. The van der Waals surface area contributed by atoms with Gasteiger partial charge in [-0.15, -0.1) is 0 Å². The lowest BCUT2D eigenvalue weighted by molar-refractivity contribution is -0.135. The molecule has 138 valence electrons. The molecule has 1 amide bonds. The highest BCUT2D eigenvalue weighted by atomic mass is 35.5. The highest BCUT2D eigenvalue weighted by Gasteiger charge is 2.21. The Kier molecular flexibility index (Phi) is 6.47. The number of carbonyl (C=O) groups excluding carboxylic acids is 1. The molecule has 0 bridgehead atoms. The minimum atomic E-state index is 0.0296. The van der Waals surface area contributed by atoms with Crippen LogP contribution in [-0.2, 0) is 11.2 Å². The van der Waals surface area contributed by atoms with Crippen LogP contribution in [0.1, 0.15) is 11.3 Å². The van der Waals surface area contributed by atoms with Crippen LogP contribution < -0.4 is 4.74 Å². The summed E-state index contributed by atoms with van der Waals surface area (Å²) in [6.45, 7) is 6.21. The van der Waals surface area contributed by atoms with E-state index < -0.39 is 0 Å². The molecule has 5 nitrogen and oxygen atoms in total. The van der Waals surface area contributed by atoms with Gasteiger partial charge in [-0.2, -0.15) is 0 Å². The first kappa shape index (κ1) is 18.7. The summed E-state index contributed by atoms with van der Waals surface area (Å²) in [5.41, 5.74) is 2.05. The molecule has 1 aromatic carbocycles. The van der Waals surface area contributed by atoms with Crippen LogP contribution in [0.4, 0.5) is 0 Å². The second kappa shape index (κ2) is 9.01. The molecule has 0 N–H and O–H groups in total. The van der Waals surface area contributed by atoms with Gasteiger partial charge in [0.2, 0.25) is 0 Å². The number of pyridine rings is 1. The minimum absolute atomic E-state index is 0.0296. The lowest BCUT2D eigenvalue weighted by Gasteiger charge is -2.34. The SMILES string of the molecule is Cc1cc(OCC(=O)N2CCN(CCc3ccccn3)CC2)ccc1Cl. The van der Waals surface area contributed by atoms with Crippen LogP contribution in [0.2, 0.25) is 5.02 Å². The molecule has 0 saturated carbocycles. The van der Waals surface area contributed by atoms with Crippen molar-refractivity contribution < 1.29 is 9.53 Å². The Balaban J connectivity index is 1.39. The van der Waals surface area contributed by atoms with Gasteiger partial charge in [-0.25, -0.2) is 0 Å². The Hall–Kier alpha value is -2.11. The van der Waals surface area contributed by atoms with Gasteiger partial charge in [0, 0.05) is 56.1 Å². The monoisotopic (exact) mass is 373 g/mol. The zero-order valence-electron chi connectivity index (χ0n) is 15.0. The number of piperazine rings is 1. The lowest BCUT2D eigenvalue weighted by atomic mass is 10.2. The number of hydrogen-bond donors (Lipinski definition) is 0. The Morgan fingerprint density at radius 3 is 2.69 bits per heavy atom. The number of nitrogens with zero attached hydrogens (tertiary/aromatic N) is 3. The fourth-order valence-electron chi connectivity index (χ4n) is 2.98. The van der Waals surface area contributed by atoms with Crippen molar-refractivity contribution in [1.82, 2.24) is 14.8 Å². The van der Waals surface area contributed by atoms with Gasteiger partial charge in [0.1, 0.15) is 5.75 Å². The number of amides is 1. The summed E-state index contributed by atoms with van der Waals surface area (Å²) in [6, 6.07) is 11.4. The van der Waals surface area contributed by atoms with E-state index in [2.05, 4.69) is 16.0 Å². The van der Waals surface area contributed by atoms with Gasteiger partial charge in [-0.3, -0.25) is 14.7 Å². The second-order valence-electron chi connectivity index (χ2n) is 6.49. The first-order valence-corrected chi connectivity index (χ1v) is 9.28. The molecule has 0 radical (unpaired) electrons. The molecule has 1 saturated heterocycles. The molecule has 6 heteroatoms. The zero-order valence-corrected chi connectivity index (χ0v) is 15.8. The van der Waals surface area contributed by atoms with E-state index in [-0.39, 0.29) is 12.5 Å². The van der Waals surface area contributed by atoms with Crippen molar-refractivity contribution in [3.63, 3.8) is 0 Å². The van der Waals surface area contributed by atoms with Crippen molar-refractivity contribution >= 4 is 17.5 Å². The molecule has 2 aromatic rings. The van der Waals surface area contributed by atoms with Gasteiger partial charge in [0.05, 0.1) is 0 Å². The van der Waals surface area contributed by atoms with Crippen LogP contribution in [0.5, 0.6) is 5.75 Å². The molecule has 0 spiro atoms. The number of halogens is 1. The van der Waals surface area contributed by atoms with E-state index in [1.54, 1.807) is 12.1 Å². The standard InChI is InChI=1S/C20H24ClN3O2/c1-16-14-18(5-6-19(16)21)26-15-20(25)24-12-10-23(11-13-24)9-7-17-4-2-3-8-22-17/h2-6,8,14H,7,9-13,15H2,1H3. The molecule has 3 rings (SSSR count).